The second-order valence-corrected chi connectivity index (χ2v) is 4.65. The molecule has 6 heteroatoms. The molecule has 1 saturated carbocycles. The Morgan fingerprint density at radius 3 is 2.88 bits per heavy atom. The minimum atomic E-state index is -0.965. The summed E-state index contributed by atoms with van der Waals surface area (Å²) >= 11 is 1.39. The summed E-state index contributed by atoms with van der Waals surface area (Å²) in [5.41, 5.74) is 1.04. The van der Waals surface area contributed by atoms with Gasteiger partial charge in [0.05, 0.1) is 12.1 Å². The highest BCUT2D eigenvalue weighted by Crippen LogP contribution is 2.40. The summed E-state index contributed by atoms with van der Waals surface area (Å²) < 4.78 is 0. The maximum atomic E-state index is 11.3. The average molecular weight is 240 g/mol. The molecule has 16 heavy (non-hydrogen) atoms. The number of nitrogens with one attached hydrogen (secondary N) is 1. The van der Waals surface area contributed by atoms with Crippen LogP contribution in [0.5, 0.6) is 0 Å². The number of hydrogen-bond acceptors (Lipinski definition) is 4. The van der Waals surface area contributed by atoms with Gasteiger partial charge in [0.15, 0.2) is 5.13 Å². The van der Waals surface area contributed by atoms with Crippen molar-refractivity contribution in [2.24, 2.45) is 0 Å². The first-order valence-electron chi connectivity index (χ1n) is 5.12. The number of carboxylic acid groups (broad SMARTS) is 1. The third kappa shape index (κ3) is 3.03. The van der Waals surface area contributed by atoms with Crippen molar-refractivity contribution >= 4 is 28.3 Å². The van der Waals surface area contributed by atoms with Gasteiger partial charge >= 0.3 is 5.97 Å². The lowest BCUT2D eigenvalue weighted by molar-refractivity contribution is -0.138. The lowest BCUT2D eigenvalue weighted by Gasteiger charge is -1.98. The lowest BCUT2D eigenvalue weighted by Crippen LogP contribution is -2.12. The van der Waals surface area contributed by atoms with Crippen LogP contribution in [0.1, 0.15) is 37.3 Å². The summed E-state index contributed by atoms with van der Waals surface area (Å²) in [7, 11) is 0. The number of thiazole rings is 1. The Balaban J connectivity index is 1.83. The summed E-state index contributed by atoms with van der Waals surface area (Å²) in [5, 5.41) is 13.5. The Hall–Kier alpha value is -1.43. The van der Waals surface area contributed by atoms with E-state index in [1.165, 1.54) is 24.2 Å². The number of amides is 1. The SMILES string of the molecule is O=C(O)CCC(=O)Nc1nc(C2CC2)cs1. The maximum Gasteiger partial charge on any atom is 0.303 e. The van der Waals surface area contributed by atoms with E-state index in [0.717, 1.165) is 5.69 Å². The number of carbonyl (C=O) groups excluding carboxylic acids is 1. The second-order valence-electron chi connectivity index (χ2n) is 3.79. The van der Waals surface area contributed by atoms with Gasteiger partial charge in [-0.25, -0.2) is 4.98 Å². The Bertz CT molecular complexity index is 412. The zero-order valence-electron chi connectivity index (χ0n) is 8.60. The van der Waals surface area contributed by atoms with Crippen LogP contribution in [0.15, 0.2) is 5.38 Å². The Labute approximate surface area is 96.5 Å². The quantitative estimate of drug-likeness (QED) is 0.822. The van der Waals surface area contributed by atoms with Crippen LogP contribution in [-0.4, -0.2) is 22.0 Å². The Morgan fingerprint density at radius 1 is 1.50 bits per heavy atom. The van der Waals surface area contributed by atoms with Crippen LogP contribution in [0.25, 0.3) is 0 Å². The fraction of sp³-hybridized carbons (Fsp3) is 0.500. The molecule has 2 rings (SSSR count). The highest BCUT2D eigenvalue weighted by Gasteiger charge is 2.26. The van der Waals surface area contributed by atoms with Gasteiger partial charge in [-0.1, -0.05) is 0 Å². The molecule has 0 radical (unpaired) electrons. The molecule has 1 fully saturated rings. The maximum absolute atomic E-state index is 11.3. The Morgan fingerprint density at radius 2 is 2.25 bits per heavy atom. The first-order chi connectivity index (χ1) is 7.65. The van der Waals surface area contributed by atoms with Gasteiger partial charge in [-0.05, 0) is 12.8 Å². The number of carboxylic acids is 1. The number of hydrogen-bond donors (Lipinski definition) is 2. The minimum absolute atomic E-state index is 0.00627. The second kappa shape index (κ2) is 4.61. The van der Waals surface area contributed by atoms with Crippen LogP contribution >= 0.6 is 11.3 Å². The van der Waals surface area contributed by atoms with E-state index < -0.39 is 5.97 Å². The van der Waals surface area contributed by atoms with E-state index in [2.05, 4.69) is 10.3 Å². The number of rotatable bonds is 5. The van der Waals surface area contributed by atoms with Crippen LogP contribution in [0.3, 0.4) is 0 Å². The van der Waals surface area contributed by atoms with Gasteiger partial charge in [0.2, 0.25) is 5.91 Å². The molecule has 5 nitrogen and oxygen atoms in total. The monoisotopic (exact) mass is 240 g/mol. The van der Waals surface area contributed by atoms with E-state index in [1.54, 1.807) is 0 Å². The summed E-state index contributed by atoms with van der Waals surface area (Å²) in [4.78, 5) is 25.8. The molecule has 0 unspecified atom stereocenters. The molecule has 0 spiro atoms. The van der Waals surface area contributed by atoms with Crippen molar-refractivity contribution < 1.29 is 14.7 Å². The van der Waals surface area contributed by atoms with Gasteiger partial charge < -0.3 is 10.4 Å². The number of anilines is 1. The van der Waals surface area contributed by atoms with Gasteiger partial charge in [-0.2, -0.15) is 0 Å². The van der Waals surface area contributed by atoms with Gasteiger partial charge in [0, 0.05) is 17.7 Å². The standard InChI is InChI=1S/C10H12N2O3S/c13-8(3-4-9(14)15)12-10-11-7(5-16-10)6-1-2-6/h5-6H,1-4H2,(H,14,15)(H,11,12,13). The predicted molar refractivity (Wildman–Crippen MR) is 59.6 cm³/mol. The molecule has 1 heterocycles. The molecule has 1 aromatic rings. The van der Waals surface area contributed by atoms with E-state index in [-0.39, 0.29) is 18.7 Å². The van der Waals surface area contributed by atoms with Crippen LogP contribution in [0, 0.1) is 0 Å². The smallest absolute Gasteiger partial charge is 0.303 e. The third-order valence-corrected chi connectivity index (χ3v) is 3.11. The highest BCUT2D eigenvalue weighted by molar-refractivity contribution is 7.13. The van der Waals surface area contributed by atoms with Crippen molar-refractivity contribution in [1.82, 2.24) is 4.98 Å². The normalized spacial score (nSPS) is 14.8. The van der Waals surface area contributed by atoms with E-state index in [0.29, 0.717) is 11.0 Å². The van der Waals surface area contributed by atoms with Crippen LogP contribution in [0.4, 0.5) is 5.13 Å². The average Bonchev–Trinajstić information content (AvgIpc) is 2.98. The third-order valence-electron chi connectivity index (χ3n) is 2.33. The van der Waals surface area contributed by atoms with Crippen LogP contribution in [0.2, 0.25) is 0 Å². The number of aromatic nitrogens is 1. The van der Waals surface area contributed by atoms with Crippen molar-refractivity contribution in [3.8, 4) is 0 Å². The van der Waals surface area contributed by atoms with Crippen LogP contribution in [-0.2, 0) is 9.59 Å². The van der Waals surface area contributed by atoms with Gasteiger partial charge in [-0.3, -0.25) is 9.59 Å². The molecular weight excluding hydrogens is 228 g/mol. The number of carbonyl (C=O) groups is 2. The summed E-state index contributed by atoms with van der Waals surface area (Å²) in [6, 6.07) is 0. The van der Waals surface area contributed by atoms with Gasteiger partial charge in [-0.15, -0.1) is 11.3 Å². The van der Waals surface area contributed by atoms with E-state index in [4.69, 9.17) is 5.11 Å². The molecule has 0 atom stereocenters. The van der Waals surface area contributed by atoms with Crippen molar-refractivity contribution in [2.45, 2.75) is 31.6 Å². The van der Waals surface area contributed by atoms with Crippen molar-refractivity contribution in [3.05, 3.63) is 11.1 Å². The summed E-state index contributed by atoms with van der Waals surface area (Å²) in [6.07, 6.45) is 2.20. The molecule has 86 valence electrons. The molecule has 0 aromatic carbocycles. The Kier molecular flexibility index (Phi) is 3.19. The first kappa shape index (κ1) is 11.1. The van der Waals surface area contributed by atoms with E-state index in [9.17, 15) is 9.59 Å². The van der Waals surface area contributed by atoms with Crippen molar-refractivity contribution in [3.63, 3.8) is 0 Å². The molecule has 1 amide bonds. The molecular formula is C10H12N2O3S. The van der Waals surface area contributed by atoms with Gasteiger partial charge in [0.1, 0.15) is 0 Å². The fourth-order valence-electron chi connectivity index (χ4n) is 1.31. The van der Waals surface area contributed by atoms with E-state index >= 15 is 0 Å². The zero-order valence-corrected chi connectivity index (χ0v) is 9.42. The van der Waals surface area contributed by atoms with Gasteiger partial charge in [0.25, 0.3) is 0 Å². The summed E-state index contributed by atoms with van der Waals surface area (Å²) in [5.74, 6) is -0.687. The molecule has 1 aliphatic carbocycles. The molecule has 0 aliphatic heterocycles. The fourth-order valence-corrected chi connectivity index (χ4v) is 2.12. The highest BCUT2D eigenvalue weighted by atomic mass is 32.1. The minimum Gasteiger partial charge on any atom is -0.481 e. The number of aliphatic carboxylic acids is 1. The summed E-state index contributed by atoms with van der Waals surface area (Å²) in [6.45, 7) is 0. The van der Waals surface area contributed by atoms with Crippen molar-refractivity contribution in [2.75, 3.05) is 5.32 Å². The molecule has 1 aromatic heterocycles. The lowest BCUT2D eigenvalue weighted by atomic mass is 10.3. The predicted octanol–water partition coefficient (Wildman–Crippen LogP) is 1.82. The molecule has 2 N–H and O–H groups in total. The first-order valence-corrected chi connectivity index (χ1v) is 6.00. The largest absolute Gasteiger partial charge is 0.481 e. The van der Waals surface area contributed by atoms with E-state index in [1.807, 2.05) is 5.38 Å². The van der Waals surface area contributed by atoms with Crippen LogP contribution < -0.4 is 5.32 Å². The number of nitrogens with zero attached hydrogens (tertiary/aromatic N) is 1. The molecule has 0 saturated heterocycles. The molecule has 0 bridgehead atoms. The zero-order chi connectivity index (χ0) is 11.5. The van der Waals surface area contributed by atoms with Crippen molar-refractivity contribution in [1.29, 1.82) is 0 Å². The topological polar surface area (TPSA) is 79.3 Å². The molecule has 1 aliphatic rings.